The molecule has 0 saturated carbocycles. The van der Waals surface area contributed by atoms with Crippen molar-refractivity contribution in [1.29, 1.82) is 0 Å². The van der Waals surface area contributed by atoms with Gasteiger partial charge in [-0.15, -0.1) is 0 Å². The Hall–Kier alpha value is -1.35. The highest BCUT2D eigenvalue weighted by Gasteiger charge is 2.16. The van der Waals surface area contributed by atoms with E-state index in [-0.39, 0.29) is 5.78 Å². The number of methoxy groups -OCH3 is 1. The second-order valence-corrected chi connectivity index (χ2v) is 3.65. The van der Waals surface area contributed by atoms with Crippen LogP contribution in [0.2, 0.25) is 0 Å². The summed E-state index contributed by atoms with van der Waals surface area (Å²) < 4.78 is 5.19. The SMILES string of the molecule is CCC(=O)C(O)c1ccc(OC)c(CC)c1. The summed E-state index contributed by atoms with van der Waals surface area (Å²) in [6.07, 6.45) is 0.139. The van der Waals surface area contributed by atoms with Crippen LogP contribution < -0.4 is 4.74 Å². The summed E-state index contributed by atoms with van der Waals surface area (Å²) in [5.74, 6) is 0.634. The topological polar surface area (TPSA) is 46.5 Å². The number of ether oxygens (including phenoxy) is 1. The van der Waals surface area contributed by atoms with Gasteiger partial charge < -0.3 is 9.84 Å². The molecule has 1 unspecified atom stereocenters. The Morgan fingerprint density at radius 1 is 1.44 bits per heavy atom. The number of carbonyl (C=O) groups is 1. The summed E-state index contributed by atoms with van der Waals surface area (Å²) in [6.45, 7) is 3.76. The van der Waals surface area contributed by atoms with Gasteiger partial charge >= 0.3 is 0 Å². The summed E-state index contributed by atoms with van der Waals surface area (Å²) in [5.41, 5.74) is 1.65. The molecule has 0 bridgehead atoms. The van der Waals surface area contributed by atoms with Crippen LogP contribution in [0.4, 0.5) is 0 Å². The number of aliphatic hydroxyl groups is 1. The van der Waals surface area contributed by atoms with E-state index >= 15 is 0 Å². The third-order valence-corrected chi connectivity index (χ3v) is 2.65. The summed E-state index contributed by atoms with van der Waals surface area (Å²) in [5, 5.41) is 9.78. The van der Waals surface area contributed by atoms with E-state index in [1.165, 1.54) is 0 Å². The van der Waals surface area contributed by atoms with Gasteiger partial charge in [-0.1, -0.05) is 19.9 Å². The number of aliphatic hydroxyl groups excluding tert-OH is 1. The molecule has 0 radical (unpaired) electrons. The average Bonchev–Trinajstić information content (AvgIpc) is 2.35. The van der Waals surface area contributed by atoms with Crippen LogP contribution in [0.15, 0.2) is 18.2 Å². The molecular weight excluding hydrogens is 204 g/mol. The number of ketones is 1. The van der Waals surface area contributed by atoms with E-state index < -0.39 is 6.10 Å². The number of carbonyl (C=O) groups excluding carboxylic acids is 1. The zero-order valence-electron chi connectivity index (χ0n) is 9.99. The maximum atomic E-state index is 11.4. The Morgan fingerprint density at radius 3 is 2.62 bits per heavy atom. The Kier molecular flexibility index (Phi) is 4.50. The fourth-order valence-corrected chi connectivity index (χ4v) is 1.62. The smallest absolute Gasteiger partial charge is 0.165 e. The highest BCUT2D eigenvalue weighted by Crippen LogP contribution is 2.24. The van der Waals surface area contributed by atoms with Gasteiger partial charge in [0.25, 0.3) is 0 Å². The van der Waals surface area contributed by atoms with Gasteiger partial charge in [0.2, 0.25) is 0 Å². The van der Waals surface area contributed by atoms with Crippen LogP contribution in [-0.4, -0.2) is 18.0 Å². The number of rotatable bonds is 5. The molecule has 0 aliphatic heterocycles. The largest absolute Gasteiger partial charge is 0.496 e. The van der Waals surface area contributed by atoms with Crippen molar-refractivity contribution in [1.82, 2.24) is 0 Å². The molecule has 1 N–H and O–H groups in total. The van der Waals surface area contributed by atoms with Gasteiger partial charge in [-0.25, -0.2) is 0 Å². The quantitative estimate of drug-likeness (QED) is 0.831. The molecule has 1 rings (SSSR count). The first-order valence-corrected chi connectivity index (χ1v) is 5.51. The molecule has 1 aromatic rings. The highest BCUT2D eigenvalue weighted by atomic mass is 16.5. The average molecular weight is 222 g/mol. The highest BCUT2D eigenvalue weighted by molar-refractivity contribution is 5.83. The third kappa shape index (κ3) is 2.61. The fourth-order valence-electron chi connectivity index (χ4n) is 1.62. The lowest BCUT2D eigenvalue weighted by Gasteiger charge is -2.12. The minimum absolute atomic E-state index is 0.160. The number of Topliss-reactive ketones (excluding diaryl/α,β-unsaturated/α-hetero) is 1. The first-order valence-electron chi connectivity index (χ1n) is 5.51. The lowest BCUT2D eigenvalue weighted by Crippen LogP contribution is -2.10. The zero-order chi connectivity index (χ0) is 12.1. The molecule has 16 heavy (non-hydrogen) atoms. The molecule has 1 atom stereocenters. The maximum absolute atomic E-state index is 11.4. The van der Waals surface area contributed by atoms with Crippen molar-refractivity contribution in [3.63, 3.8) is 0 Å². The molecule has 3 heteroatoms. The molecule has 1 aromatic carbocycles. The molecule has 0 aliphatic carbocycles. The number of aryl methyl sites for hydroxylation is 1. The zero-order valence-corrected chi connectivity index (χ0v) is 9.99. The Morgan fingerprint density at radius 2 is 2.12 bits per heavy atom. The first kappa shape index (κ1) is 12.7. The van der Waals surface area contributed by atoms with Crippen molar-refractivity contribution in [2.24, 2.45) is 0 Å². The van der Waals surface area contributed by atoms with Crippen molar-refractivity contribution in [3.05, 3.63) is 29.3 Å². The molecule has 0 aromatic heterocycles. The molecule has 88 valence electrons. The van der Waals surface area contributed by atoms with Gasteiger partial charge in [-0.05, 0) is 29.7 Å². The summed E-state index contributed by atoms with van der Waals surface area (Å²) >= 11 is 0. The Balaban J connectivity index is 3.03. The maximum Gasteiger partial charge on any atom is 0.165 e. The number of hydrogen-bond acceptors (Lipinski definition) is 3. The first-order chi connectivity index (χ1) is 7.63. The monoisotopic (exact) mass is 222 g/mol. The van der Waals surface area contributed by atoms with Crippen LogP contribution in [-0.2, 0) is 11.2 Å². The summed E-state index contributed by atoms with van der Waals surface area (Å²) in [4.78, 5) is 11.4. The van der Waals surface area contributed by atoms with Gasteiger partial charge in [-0.3, -0.25) is 4.79 Å². The standard InChI is InChI=1S/C13H18O3/c1-4-9-8-10(6-7-12(9)16-3)13(15)11(14)5-2/h6-8,13,15H,4-5H2,1-3H3. The van der Waals surface area contributed by atoms with Crippen LogP contribution in [0.25, 0.3) is 0 Å². The van der Waals surface area contributed by atoms with Gasteiger partial charge in [0, 0.05) is 6.42 Å². The third-order valence-electron chi connectivity index (χ3n) is 2.65. The molecule has 0 saturated heterocycles. The van der Waals surface area contributed by atoms with Gasteiger partial charge in [-0.2, -0.15) is 0 Å². The van der Waals surface area contributed by atoms with Crippen molar-refractivity contribution < 1.29 is 14.6 Å². The summed E-state index contributed by atoms with van der Waals surface area (Å²) in [6, 6.07) is 5.35. The van der Waals surface area contributed by atoms with Gasteiger partial charge in [0.1, 0.15) is 11.9 Å². The van der Waals surface area contributed by atoms with Crippen molar-refractivity contribution >= 4 is 5.78 Å². The Labute approximate surface area is 96.1 Å². The van der Waals surface area contributed by atoms with E-state index in [1.54, 1.807) is 26.2 Å². The molecular formula is C13H18O3. The van der Waals surface area contributed by atoms with E-state index in [0.717, 1.165) is 17.7 Å². The lowest BCUT2D eigenvalue weighted by molar-refractivity contribution is -0.127. The minimum Gasteiger partial charge on any atom is -0.496 e. The van der Waals surface area contributed by atoms with Crippen LogP contribution in [0.1, 0.15) is 37.5 Å². The van der Waals surface area contributed by atoms with Crippen LogP contribution in [0, 0.1) is 0 Å². The van der Waals surface area contributed by atoms with E-state index in [0.29, 0.717) is 12.0 Å². The molecule has 0 spiro atoms. The second-order valence-electron chi connectivity index (χ2n) is 3.65. The van der Waals surface area contributed by atoms with E-state index in [4.69, 9.17) is 4.74 Å². The van der Waals surface area contributed by atoms with Crippen molar-refractivity contribution in [3.8, 4) is 5.75 Å². The van der Waals surface area contributed by atoms with Gasteiger partial charge in [0.15, 0.2) is 5.78 Å². The van der Waals surface area contributed by atoms with Crippen LogP contribution >= 0.6 is 0 Å². The number of benzene rings is 1. The molecule has 0 aliphatic rings. The Bertz CT molecular complexity index is 371. The molecule has 0 amide bonds. The number of hydrogen-bond donors (Lipinski definition) is 1. The molecule has 0 heterocycles. The predicted molar refractivity (Wildman–Crippen MR) is 62.6 cm³/mol. The predicted octanol–water partition coefficient (Wildman–Crippen LogP) is 2.27. The summed E-state index contributed by atoms with van der Waals surface area (Å²) in [7, 11) is 1.61. The van der Waals surface area contributed by atoms with Crippen LogP contribution in [0.3, 0.4) is 0 Å². The normalized spacial score (nSPS) is 12.2. The molecule has 3 nitrogen and oxygen atoms in total. The van der Waals surface area contributed by atoms with Crippen LogP contribution in [0.5, 0.6) is 5.75 Å². The van der Waals surface area contributed by atoms with Gasteiger partial charge in [0.05, 0.1) is 7.11 Å². The van der Waals surface area contributed by atoms with E-state index in [1.807, 2.05) is 13.0 Å². The fraction of sp³-hybridized carbons (Fsp3) is 0.462. The lowest BCUT2D eigenvalue weighted by atomic mass is 10.00. The van der Waals surface area contributed by atoms with Crippen molar-refractivity contribution in [2.75, 3.05) is 7.11 Å². The van der Waals surface area contributed by atoms with E-state index in [2.05, 4.69) is 0 Å². The minimum atomic E-state index is -1.01. The van der Waals surface area contributed by atoms with E-state index in [9.17, 15) is 9.90 Å². The molecule has 0 fully saturated rings. The van der Waals surface area contributed by atoms with Crippen molar-refractivity contribution in [2.45, 2.75) is 32.8 Å². The second kappa shape index (κ2) is 5.66.